The van der Waals surface area contributed by atoms with E-state index in [1.807, 2.05) is 42.9 Å². The van der Waals surface area contributed by atoms with Gasteiger partial charge in [0.05, 0.1) is 29.1 Å². The first-order valence-electron chi connectivity index (χ1n) is 6.50. The quantitative estimate of drug-likeness (QED) is 0.911. The van der Waals surface area contributed by atoms with Gasteiger partial charge < -0.3 is 9.84 Å². The number of hydrogen-bond acceptors (Lipinski definition) is 3. The SMILES string of the molecule is COc1cccc(CC(O)Cc2c(Br)c(C)nn2C)c1. The molecule has 4 nitrogen and oxygen atoms in total. The van der Waals surface area contributed by atoms with Gasteiger partial charge in [0, 0.05) is 13.5 Å². The summed E-state index contributed by atoms with van der Waals surface area (Å²) in [6.45, 7) is 1.95. The van der Waals surface area contributed by atoms with E-state index in [1.165, 1.54) is 0 Å². The molecule has 0 amide bonds. The molecule has 1 unspecified atom stereocenters. The van der Waals surface area contributed by atoms with Crippen molar-refractivity contribution in [3.8, 4) is 5.75 Å². The molecule has 108 valence electrons. The van der Waals surface area contributed by atoms with E-state index < -0.39 is 6.10 Å². The van der Waals surface area contributed by atoms with Crippen molar-refractivity contribution in [2.24, 2.45) is 7.05 Å². The summed E-state index contributed by atoms with van der Waals surface area (Å²) in [4.78, 5) is 0. The van der Waals surface area contributed by atoms with Gasteiger partial charge in [0.1, 0.15) is 5.75 Å². The van der Waals surface area contributed by atoms with Crippen LogP contribution < -0.4 is 4.74 Å². The highest BCUT2D eigenvalue weighted by Crippen LogP contribution is 2.22. The zero-order chi connectivity index (χ0) is 14.7. The molecule has 0 saturated heterocycles. The Morgan fingerprint density at radius 1 is 1.40 bits per heavy atom. The molecular weight excluding hydrogens is 320 g/mol. The molecule has 0 aliphatic rings. The average molecular weight is 339 g/mol. The van der Waals surface area contributed by atoms with Crippen LogP contribution in [0.4, 0.5) is 0 Å². The van der Waals surface area contributed by atoms with Crippen molar-refractivity contribution in [2.45, 2.75) is 25.9 Å². The van der Waals surface area contributed by atoms with E-state index in [0.717, 1.165) is 27.2 Å². The van der Waals surface area contributed by atoms with Gasteiger partial charge in [-0.3, -0.25) is 4.68 Å². The van der Waals surface area contributed by atoms with Gasteiger partial charge in [-0.05, 0) is 47.0 Å². The number of ether oxygens (including phenoxy) is 1. The molecular formula is C15H19BrN2O2. The topological polar surface area (TPSA) is 47.3 Å². The summed E-state index contributed by atoms with van der Waals surface area (Å²) < 4.78 is 7.98. The van der Waals surface area contributed by atoms with Crippen LogP contribution >= 0.6 is 15.9 Å². The maximum absolute atomic E-state index is 10.3. The van der Waals surface area contributed by atoms with Gasteiger partial charge in [0.2, 0.25) is 0 Å². The number of benzene rings is 1. The minimum absolute atomic E-state index is 0.451. The Morgan fingerprint density at radius 2 is 2.15 bits per heavy atom. The molecule has 1 aromatic heterocycles. The number of aromatic nitrogens is 2. The second kappa shape index (κ2) is 6.41. The molecule has 0 saturated carbocycles. The van der Waals surface area contributed by atoms with Crippen LogP contribution in [-0.2, 0) is 19.9 Å². The van der Waals surface area contributed by atoms with Crippen molar-refractivity contribution in [2.75, 3.05) is 7.11 Å². The third kappa shape index (κ3) is 3.41. The Kier molecular flexibility index (Phi) is 4.83. The first-order chi connectivity index (χ1) is 9.51. The average Bonchev–Trinajstić information content (AvgIpc) is 2.65. The number of aliphatic hydroxyl groups is 1. The molecule has 5 heteroatoms. The first-order valence-corrected chi connectivity index (χ1v) is 7.29. The maximum Gasteiger partial charge on any atom is 0.119 e. The highest BCUT2D eigenvalue weighted by atomic mass is 79.9. The molecule has 0 bridgehead atoms. The summed E-state index contributed by atoms with van der Waals surface area (Å²) in [7, 11) is 3.54. The molecule has 1 aromatic carbocycles. The summed E-state index contributed by atoms with van der Waals surface area (Å²) in [5.74, 6) is 0.812. The lowest BCUT2D eigenvalue weighted by Gasteiger charge is -2.12. The van der Waals surface area contributed by atoms with Crippen LogP contribution in [0.1, 0.15) is 17.0 Å². The van der Waals surface area contributed by atoms with Gasteiger partial charge in [0.25, 0.3) is 0 Å². The number of halogens is 1. The Balaban J connectivity index is 2.06. The van der Waals surface area contributed by atoms with E-state index >= 15 is 0 Å². The molecule has 1 N–H and O–H groups in total. The summed E-state index contributed by atoms with van der Waals surface area (Å²) in [6, 6.07) is 7.78. The minimum Gasteiger partial charge on any atom is -0.497 e. The summed E-state index contributed by atoms with van der Waals surface area (Å²) >= 11 is 3.52. The third-order valence-electron chi connectivity index (χ3n) is 3.30. The lowest BCUT2D eigenvalue weighted by Crippen LogP contribution is -2.16. The fourth-order valence-electron chi connectivity index (χ4n) is 2.27. The number of aryl methyl sites for hydroxylation is 2. The van der Waals surface area contributed by atoms with Crippen LogP contribution in [0.3, 0.4) is 0 Å². The highest BCUT2D eigenvalue weighted by molar-refractivity contribution is 9.10. The Bertz CT molecular complexity index is 596. The zero-order valence-electron chi connectivity index (χ0n) is 11.9. The number of aliphatic hydroxyl groups excluding tert-OH is 1. The van der Waals surface area contributed by atoms with Crippen molar-refractivity contribution in [1.29, 1.82) is 0 Å². The second-order valence-electron chi connectivity index (χ2n) is 4.88. The van der Waals surface area contributed by atoms with Gasteiger partial charge in [0.15, 0.2) is 0 Å². The molecule has 1 atom stereocenters. The third-order valence-corrected chi connectivity index (χ3v) is 4.33. The van der Waals surface area contributed by atoms with E-state index in [1.54, 1.807) is 7.11 Å². The zero-order valence-corrected chi connectivity index (χ0v) is 13.5. The van der Waals surface area contributed by atoms with Crippen LogP contribution in [0.25, 0.3) is 0 Å². The summed E-state index contributed by atoms with van der Waals surface area (Å²) in [5.41, 5.74) is 3.01. The van der Waals surface area contributed by atoms with Crippen LogP contribution in [0.15, 0.2) is 28.7 Å². The summed E-state index contributed by atoms with van der Waals surface area (Å²) in [6.07, 6.45) is 0.705. The van der Waals surface area contributed by atoms with E-state index in [4.69, 9.17) is 4.74 Å². The Hall–Kier alpha value is -1.33. The fraction of sp³-hybridized carbons (Fsp3) is 0.400. The van der Waals surface area contributed by atoms with Crippen molar-refractivity contribution in [3.63, 3.8) is 0 Å². The van der Waals surface area contributed by atoms with Crippen LogP contribution in [0.2, 0.25) is 0 Å². The Morgan fingerprint density at radius 3 is 2.75 bits per heavy atom. The molecule has 0 radical (unpaired) electrons. The lowest BCUT2D eigenvalue weighted by atomic mass is 10.0. The lowest BCUT2D eigenvalue weighted by molar-refractivity contribution is 0.172. The molecule has 0 spiro atoms. The number of methoxy groups -OCH3 is 1. The van der Waals surface area contributed by atoms with Gasteiger partial charge in [-0.25, -0.2) is 0 Å². The van der Waals surface area contributed by atoms with E-state index in [0.29, 0.717) is 12.8 Å². The number of nitrogens with zero attached hydrogens (tertiary/aromatic N) is 2. The van der Waals surface area contributed by atoms with Gasteiger partial charge in [-0.2, -0.15) is 5.10 Å². The molecule has 2 rings (SSSR count). The highest BCUT2D eigenvalue weighted by Gasteiger charge is 2.15. The molecule has 0 aliphatic carbocycles. The Labute approximate surface area is 127 Å². The van der Waals surface area contributed by atoms with Crippen molar-refractivity contribution in [3.05, 3.63) is 45.7 Å². The molecule has 1 heterocycles. The molecule has 0 fully saturated rings. The van der Waals surface area contributed by atoms with Crippen molar-refractivity contribution in [1.82, 2.24) is 9.78 Å². The smallest absolute Gasteiger partial charge is 0.119 e. The minimum atomic E-state index is -0.451. The van der Waals surface area contributed by atoms with Crippen LogP contribution in [0, 0.1) is 6.92 Å². The maximum atomic E-state index is 10.3. The van der Waals surface area contributed by atoms with Crippen molar-refractivity contribution >= 4 is 15.9 Å². The molecule has 20 heavy (non-hydrogen) atoms. The normalized spacial score (nSPS) is 12.4. The van der Waals surface area contributed by atoms with Crippen LogP contribution in [0.5, 0.6) is 5.75 Å². The van der Waals surface area contributed by atoms with Gasteiger partial charge in [-0.15, -0.1) is 0 Å². The second-order valence-corrected chi connectivity index (χ2v) is 5.68. The number of rotatable bonds is 5. The van der Waals surface area contributed by atoms with Gasteiger partial charge in [-0.1, -0.05) is 12.1 Å². The predicted octanol–water partition coefficient (Wildman–Crippen LogP) is 2.65. The van der Waals surface area contributed by atoms with Crippen LogP contribution in [-0.4, -0.2) is 28.1 Å². The fourth-order valence-corrected chi connectivity index (χ4v) is 2.77. The van der Waals surface area contributed by atoms with Crippen molar-refractivity contribution < 1.29 is 9.84 Å². The van der Waals surface area contributed by atoms with Gasteiger partial charge >= 0.3 is 0 Å². The molecule has 2 aromatic rings. The number of hydrogen-bond donors (Lipinski definition) is 1. The summed E-state index contributed by atoms with van der Waals surface area (Å²) in [5, 5.41) is 14.6. The predicted molar refractivity (Wildman–Crippen MR) is 82.1 cm³/mol. The standard InChI is InChI=1S/C15H19BrN2O2/c1-10-15(16)14(18(2)17-10)9-12(19)7-11-5-4-6-13(8-11)20-3/h4-6,8,12,19H,7,9H2,1-3H3. The largest absolute Gasteiger partial charge is 0.497 e. The monoisotopic (exact) mass is 338 g/mol. The first kappa shape index (κ1) is 15.1. The van der Waals surface area contributed by atoms with E-state index in [-0.39, 0.29) is 0 Å². The molecule has 0 aliphatic heterocycles. The van der Waals surface area contributed by atoms with E-state index in [9.17, 15) is 5.11 Å². The van der Waals surface area contributed by atoms with E-state index in [2.05, 4.69) is 21.0 Å².